The van der Waals surface area contributed by atoms with Gasteiger partial charge in [0.15, 0.2) is 0 Å². The number of para-hydroxylation sites is 1. The first-order chi connectivity index (χ1) is 15.1. The van der Waals surface area contributed by atoms with Gasteiger partial charge in [0, 0.05) is 35.8 Å². The Kier molecular flexibility index (Phi) is 4.94. The summed E-state index contributed by atoms with van der Waals surface area (Å²) in [7, 11) is 3.68. The largest absolute Gasteiger partial charge is 0.495 e. The Morgan fingerprint density at radius 3 is 2.77 bits per heavy atom. The van der Waals surface area contributed by atoms with Gasteiger partial charge < -0.3 is 19.0 Å². The van der Waals surface area contributed by atoms with Crippen molar-refractivity contribution in [3.05, 3.63) is 60.4 Å². The van der Waals surface area contributed by atoms with Crippen LogP contribution in [0.15, 0.2) is 59.1 Å². The molecular formula is C25H27N3O3. The maximum absolute atomic E-state index is 13.2. The summed E-state index contributed by atoms with van der Waals surface area (Å²) in [5.74, 6) is 0.579. The highest BCUT2D eigenvalue weighted by molar-refractivity contribution is 6.08. The van der Waals surface area contributed by atoms with E-state index in [0.717, 1.165) is 41.3 Å². The second kappa shape index (κ2) is 7.78. The molecule has 0 saturated carbocycles. The van der Waals surface area contributed by atoms with Crippen LogP contribution in [0.1, 0.15) is 31.5 Å². The number of nitrogens with zero attached hydrogens (tertiary/aromatic N) is 2. The van der Waals surface area contributed by atoms with Gasteiger partial charge >= 0.3 is 0 Å². The first-order valence-corrected chi connectivity index (χ1v) is 10.7. The van der Waals surface area contributed by atoms with Gasteiger partial charge in [-0.1, -0.05) is 18.2 Å². The van der Waals surface area contributed by atoms with Crippen molar-refractivity contribution in [3.63, 3.8) is 0 Å². The second-order valence-corrected chi connectivity index (χ2v) is 8.25. The zero-order valence-corrected chi connectivity index (χ0v) is 18.1. The minimum absolute atomic E-state index is 0.0464. The molecule has 5 rings (SSSR count). The van der Waals surface area contributed by atoms with Crippen molar-refractivity contribution in [2.45, 2.75) is 31.8 Å². The molecule has 2 aromatic heterocycles. The van der Waals surface area contributed by atoms with E-state index in [0.29, 0.717) is 11.4 Å². The Hall–Kier alpha value is -3.25. The summed E-state index contributed by atoms with van der Waals surface area (Å²) in [5.41, 5.74) is 3.42. The quantitative estimate of drug-likeness (QED) is 0.491. The van der Waals surface area contributed by atoms with Crippen molar-refractivity contribution in [1.29, 1.82) is 0 Å². The number of rotatable bonds is 5. The molecule has 1 aliphatic rings. The molecule has 31 heavy (non-hydrogen) atoms. The summed E-state index contributed by atoms with van der Waals surface area (Å²) in [6, 6.07) is 15.9. The number of fused-ring (bicyclic) bond motifs is 3. The van der Waals surface area contributed by atoms with Crippen LogP contribution >= 0.6 is 0 Å². The molecule has 0 bridgehead atoms. The van der Waals surface area contributed by atoms with Crippen molar-refractivity contribution in [1.82, 2.24) is 9.47 Å². The summed E-state index contributed by atoms with van der Waals surface area (Å²) in [5, 5.41) is 5.09. The lowest BCUT2D eigenvalue weighted by molar-refractivity contribution is -0.121. The van der Waals surface area contributed by atoms with Gasteiger partial charge in [-0.15, -0.1) is 0 Å². The highest BCUT2D eigenvalue weighted by Crippen LogP contribution is 2.37. The van der Waals surface area contributed by atoms with Crippen LogP contribution in [0.3, 0.4) is 0 Å². The van der Waals surface area contributed by atoms with Gasteiger partial charge in [0.25, 0.3) is 0 Å². The third kappa shape index (κ3) is 3.37. The number of methoxy groups -OCH3 is 1. The molecule has 1 amide bonds. The van der Waals surface area contributed by atoms with E-state index in [1.54, 1.807) is 7.11 Å². The van der Waals surface area contributed by atoms with Crippen molar-refractivity contribution in [2.24, 2.45) is 7.05 Å². The molecule has 0 radical (unpaired) electrons. The van der Waals surface area contributed by atoms with E-state index in [1.165, 1.54) is 5.69 Å². The molecule has 6 heteroatoms. The number of anilines is 1. The SMILES string of the molecule is COc1cc2c(cc1NC(=O)[C@H](C)N1CCC[C@@H]1c1cccn1C)oc1ccccc12. The van der Waals surface area contributed by atoms with Gasteiger partial charge in [-0.3, -0.25) is 9.69 Å². The molecule has 4 aromatic rings. The Morgan fingerprint density at radius 1 is 1.16 bits per heavy atom. The Bertz CT molecular complexity index is 1260. The Balaban J connectivity index is 1.42. The predicted octanol–water partition coefficient (Wildman–Crippen LogP) is 5.10. The molecule has 1 aliphatic heterocycles. The first kappa shape index (κ1) is 19.7. The fraction of sp³-hybridized carbons (Fsp3) is 0.320. The van der Waals surface area contributed by atoms with Gasteiger partial charge in [0.2, 0.25) is 5.91 Å². The van der Waals surface area contributed by atoms with Crippen molar-refractivity contribution < 1.29 is 13.9 Å². The summed E-state index contributed by atoms with van der Waals surface area (Å²) in [4.78, 5) is 15.5. The average Bonchev–Trinajstić information content (AvgIpc) is 3.50. The van der Waals surface area contributed by atoms with E-state index >= 15 is 0 Å². The molecule has 3 heterocycles. The van der Waals surface area contributed by atoms with E-state index in [4.69, 9.17) is 9.15 Å². The summed E-state index contributed by atoms with van der Waals surface area (Å²) >= 11 is 0. The van der Waals surface area contributed by atoms with Gasteiger partial charge in [-0.2, -0.15) is 0 Å². The number of carbonyl (C=O) groups excluding carboxylic acids is 1. The van der Waals surface area contributed by atoms with Gasteiger partial charge in [-0.05, 0) is 50.6 Å². The third-order valence-corrected chi connectivity index (χ3v) is 6.45. The average molecular weight is 418 g/mol. The van der Waals surface area contributed by atoms with Crippen LogP contribution in [0.25, 0.3) is 21.9 Å². The number of hydrogen-bond acceptors (Lipinski definition) is 4. The molecule has 2 aromatic carbocycles. The number of hydrogen-bond donors (Lipinski definition) is 1. The summed E-state index contributed by atoms with van der Waals surface area (Å²) in [6.07, 6.45) is 4.20. The molecule has 0 unspecified atom stereocenters. The lowest BCUT2D eigenvalue weighted by atomic mass is 10.1. The molecule has 1 N–H and O–H groups in total. The highest BCUT2D eigenvalue weighted by Gasteiger charge is 2.34. The Morgan fingerprint density at radius 2 is 2.00 bits per heavy atom. The number of nitrogens with one attached hydrogen (secondary N) is 1. The molecule has 1 saturated heterocycles. The van der Waals surface area contributed by atoms with Crippen molar-refractivity contribution in [2.75, 3.05) is 19.0 Å². The van der Waals surface area contributed by atoms with Crippen LogP contribution < -0.4 is 10.1 Å². The standard InChI is InChI=1S/C25H27N3O3/c1-16(28-13-7-10-21(28)20-9-6-12-27(20)2)25(29)26-19-15-23-18(14-24(19)30-3)17-8-4-5-11-22(17)31-23/h4-6,8-9,11-12,14-16,21H,7,10,13H2,1-3H3,(H,26,29)/t16-,21+/m0/s1. The number of carbonyl (C=O) groups is 1. The number of likely N-dealkylation sites (tertiary alicyclic amines) is 1. The van der Waals surface area contributed by atoms with Crippen LogP contribution in [0.2, 0.25) is 0 Å². The zero-order chi connectivity index (χ0) is 21.5. The van der Waals surface area contributed by atoms with Gasteiger partial charge in [0.05, 0.1) is 24.9 Å². The number of aryl methyl sites for hydroxylation is 1. The van der Waals surface area contributed by atoms with Crippen molar-refractivity contribution >= 4 is 33.5 Å². The lowest BCUT2D eigenvalue weighted by Gasteiger charge is -2.30. The number of ether oxygens (including phenoxy) is 1. The number of amides is 1. The van der Waals surface area contributed by atoms with E-state index in [9.17, 15) is 4.79 Å². The van der Waals surface area contributed by atoms with Crippen molar-refractivity contribution in [3.8, 4) is 5.75 Å². The monoisotopic (exact) mass is 417 g/mol. The molecule has 160 valence electrons. The first-order valence-electron chi connectivity index (χ1n) is 10.7. The second-order valence-electron chi connectivity index (χ2n) is 8.25. The number of furan rings is 1. The smallest absolute Gasteiger partial charge is 0.241 e. The molecule has 2 atom stereocenters. The molecule has 6 nitrogen and oxygen atoms in total. The number of aromatic nitrogens is 1. The van der Waals surface area contributed by atoms with Crippen LogP contribution in [-0.2, 0) is 11.8 Å². The maximum Gasteiger partial charge on any atom is 0.241 e. The van der Waals surface area contributed by atoms with Crippen LogP contribution in [0, 0.1) is 0 Å². The molecular weight excluding hydrogens is 390 g/mol. The minimum atomic E-state index is -0.265. The minimum Gasteiger partial charge on any atom is -0.495 e. The lowest BCUT2D eigenvalue weighted by Crippen LogP contribution is -2.42. The Labute approximate surface area is 181 Å². The predicted molar refractivity (Wildman–Crippen MR) is 122 cm³/mol. The number of benzene rings is 2. The van der Waals surface area contributed by atoms with Gasteiger partial charge in [0.1, 0.15) is 16.9 Å². The summed E-state index contributed by atoms with van der Waals surface area (Å²) < 4.78 is 13.7. The topological polar surface area (TPSA) is 59.6 Å². The maximum atomic E-state index is 13.2. The van der Waals surface area contributed by atoms with E-state index in [1.807, 2.05) is 43.3 Å². The zero-order valence-electron chi connectivity index (χ0n) is 18.1. The fourth-order valence-electron chi connectivity index (χ4n) is 4.80. The molecule has 0 aliphatic carbocycles. The van der Waals surface area contributed by atoms with Gasteiger partial charge in [-0.25, -0.2) is 0 Å². The molecule has 1 fully saturated rings. The van der Waals surface area contributed by atoms with Crippen LogP contribution in [0.4, 0.5) is 5.69 Å². The third-order valence-electron chi connectivity index (χ3n) is 6.45. The van der Waals surface area contributed by atoms with Crippen LogP contribution in [0.5, 0.6) is 5.75 Å². The normalized spacial score (nSPS) is 18.0. The summed E-state index contributed by atoms with van der Waals surface area (Å²) in [6.45, 7) is 2.88. The van der Waals surface area contributed by atoms with E-state index in [-0.39, 0.29) is 18.0 Å². The molecule has 0 spiro atoms. The van der Waals surface area contributed by atoms with E-state index < -0.39 is 0 Å². The van der Waals surface area contributed by atoms with E-state index in [2.05, 4.69) is 40.2 Å². The highest BCUT2D eigenvalue weighted by atomic mass is 16.5. The van der Waals surface area contributed by atoms with Crippen LogP contribution in [-0.4, -0.2) is 35.1 Å². The fourth-order valence-corrected chi connectivity index (χ4v) is 4.80.